The Morgan fingerprint density at radius 3 is 2.82 bits per heavy atom. The molecule has 1 fully saturated rings. The molecule has 3 rings (SSSR count). The van der Waals surface area contributed by atoms with Crippen LogP contribution in [-0.4, -0.2) is 14.8 Å². The van der Waals surface area contributed by atoms with Crippen LogP contribution in [-0.2, 0) is 11.2 Å². The Kier molecular flexibility index (Phi) is 2.99. The molecule has 0 aliphatic heterocycles. The molecule has 0 bridgehead atoms. The topological polar surface area (TPSA) is 36.0 Å². The highest BCUT2D eigenvalue weighted by molar-refractivity contribution is 7.92. The maximum Gasteiger partial charge on any atom is 0.153 e. The number of hydrogen-bond acceptors (Lipinski definition) is 2. The summed E-state index contributed by atoms with van der Waals surface area (Å²) >= 11 is 5.23. The molecular weight excluding hydrogens is 254 g/mol. The van der Waals surface area contributed by atoms with E-state index in [0.717, 1.165) is 28.6 Å². The molecule has 2 aromatic rings. The fourth-order valence-corrected chi connectivity index (χ4v) is 3.78. The fourth-order valence-electron chi connectivity index (χ4n) is 1.99. The molecule has 1 atom stereocenters. The van der Waals surface area contributed by atoms with Gasteiger partial charge in [0.1, 0.15) is 5.25 Å². The minimum Gasteiger partial charge on any atom is -0.611 e. The van der Waals surface area contributed by atoms with Crippen molar-refractivity contribution in [1.29, 1.82) is 0 Å². The van der Waals surface area contributed by atoms with Crippen molar-refractivity contribution < 1.29 is 4.55 Å². The lowest BCUT2D eigenvalue weighted by molar-refractivity contribution is 0.476. The molecule has 88 valence electrons. The van der Waals surface area contributed by atoms with Gasteiger partial charge in [0.25, 0.3) is 0 Å². The minimum absolute atomic E-state index is 0.336. The third-order valence-corrected chi connectivity index (χ3v) is 5.37. The Labute approximate surface area is 108 Å². The smallest absolute Gasteiger partial charge is 0.153 e. The molecule has 4 heteroatoms. The monoisotopic (exact) mass is 265 g/mol. The van der Waals surface area contributed by atoms with Crippen LogP contribution in [0.3, 0.4) is 0 Å². The molecule has 1 aromatic heterocycles. The average Bonchev–Trinajstić information content (AvgIpc) is 2.27. The van der Waals surface area contributed by atoms with E-state index in [9.17, 15) is 4.55 Å². The predicted molar refractivity (Wildman–Crippen MR) is 70.8 cm³/mol. The summed E-state index contributed by atoms with van der Waals surface area (Å²) in [5, 5.41) is 1.89. The SMILES string of the molecule is [O-][S+](c1ccc2nccc(Cl)c2c1)C1CCC1. The molecule has 1 aromatic carbocycles. The van der Waals surface area contributed by atoms with Crippen LogP contribution in [0.4, 0.5) is 0 Å². The summed E-state index contributed by atoms with van der Waals surface area (Å²) in [5.74, 6) is 0. The molecule has 1 heterocycles. The number of hydrogen-bond donors (Lipinski definition) is 0. The first-order valence-electron chi connectivity index (χ1n) is 5.70. The molecule has 2 nitrogen and oxygen atoms in total. The van der Waals surface area contributed by atoms with Crippen molar-refractivity contribution in [2.75, 3.05) is 0 Å². The number of rotatable bonds is 2. The van der Waals surface area contributed by atoms with Gasteiger partial charge < -0.3 is 4.55 Å². The second-order valence-corrected chi connectivity index (χ2v) is 6.46. The standard InChI is InChI=1S/C13H12ClNOS/c14-12-6-7-15-13-5-4-10(8-11(12)13)17(16)9-2-1-3-9/h4-9H,1-3H2. The Bertz CT molecular complexity index is 556. The molecule has 0 N–H and O–H groups in total. The van der Waals surface area contributed by atoms with Crippen molar-refractivity contribution in [2.45, 2.75) is 29.4 Å². The molecule has 0 amide bonds. The zero-order valence-electron chi connectivity index (χ0n) is 9.23. The first-order chi connectivity index (χ1) is 8.25. The largest absolute Gasteiger partial charge is 0.611 e. The van der Waals surface area contributed by atoms with E-state index in [1.54, 1.807) is 12.3 Å². The van der Waals surface area contributed by atoms with Gasteiger partial charge in [0.05, 0.1) is 10.5 Å². The highest BCUT2D eigenvalue weighted by Gasteiger charge is 2.30. The van der Waals surface area contributed by atoms with E-state index in [1.165, 1.54) is 6.42 Å². The molecule has 1 saturated carbocycles. The van der Waals surface area contributed by atoms with Gasteiger partial charge in [-0.05, 0) is 48.6 Å². The van der Waals surface area contributed by atoms with Crippen molar-refractivity contribution in [3.63, 3.8) is 0 Å². The quantitative estimate of drug-likeness (QED) is 0.779. The summed E-state index contributed by atoms with van der Waals surface area (Å²) in [7, 11) is 0. The molecular formula is C13H12ClNOS. The van der Waals surface area contributed by atoms with Crippen LogP contribution < -0.4 is 0 Å². The zero-order valence-corrected chi connectivity index (χ0v) is 10.8. The van der Waals surface area contributed by atoms with E-state index in [4.69, 9.17) is 11.6 Å². The van der Waals surface area contributed by atoms with Crippen LogP contribution >= 0.6 is 11.6 Å². The summed E-state index contributed by atoms with van der Waals surface area (Å²) in [6.07, 6.45) is 5.04. The molecule has 1 aliphatic carbocycles. The van der Waals surface area contributed by atoms with E-state index in [-0.39, 0.29) is 0 Å². The lowest BCUT2D eigenvalue weighted by Crippen LogP contribution is -2.28. The summed E-state index contributed by atoms with van der Waals surface area (Å²) in [4.78, 5) is 5.11. The summed E-state index contributed by atoms with van der Waals surface area (Å²) in [6, 6.07) is 7.48. The van der Waals surface area contributed by atoms with E-state index in [2.05, 4.69) is 4.98 Å². The number of aromatic nitrogens is 1. The van der Waals surface area contributed by atoms with E-state index in [0.29, 0.717) is 10.3 Å². The molecule has 1 aliphatic rings. The second kappa shape index (κ2) is 4.48. The van der Waals surface area contributed by atoms with Gasteiger partial charge in [-0.1, -0.05) is 11.6 Å². The van der Waals surface area contributed by atoms with Crippen LogP contribution in [0, 0.1) is 0 Å². The lowest BCUT2D eigenvalue weighted by Gasteiger charge is -2.27. The van der Waals surface area contributed by atoms with Crippen LogP contribution in [0.2, 0.25) is 5.02 Å². The second-order valence-electron chi connectivity index (χ2n) is 4.32. The van der Waals surface area contributed by atoms with Crippen LogP contribution in [0.25, 0.3) is 10.9 Å². The average molecular weight is 266 g/mol. The molecule has 17 heavy (non-hydrogen) atoms. The molecule has 0 spiro atoms. The number of pyridine rings is 1. The van der Waals surface area contributed by atoms with Gasteiger partial charge >= 0.3 is 0 Å². The third-order valence-electron chi connectivity index (χ3n) is 3.25. The van der Waals surface area contributed by atoms with Crippen LogP contribution in [0.1, 0.15) is 19.3 Å². The highest BCUT2D eigenvalue weighted by atomic mass is 35.5. The Hall–Kier alpha value is -0.770. The fraction of sp³-hybridized carbons (Fsp3) is 0.308. The maximum absolute atomic E-state index is 12.2. The Balaban J connectivity index is 2.03. The van der Waals surface area contributed by atoms with Gasteiger partial charge in [-0.25, -0.2) is 0 Å². The van der Waals surface area contributed by atoms with Gasteiger partial charge in [-0.3, -0.25) is 4.98 Å². The molecule has 1 unspecified atom stereocenters. The first-order valence-corrected chi connectivity index (χ1v) is 7.29. The van der Waals surface area contributed by atoms with Crippen molar-refractivity contribution in [3.05, 3.63) is 35.5 Å². The van der Waals surface area contributed by atoms with Crippen molar-refractivity contribution >= 4 is 33.7 Å². The highest BCUT2D eigenvalue weighted by Crippen LogP contribution is 2.33. The van der Waals surface area contributed by atoms with Gasteiger partial charge in [0.2, 0.25) is 0 Å². The number of nitrogens with zero attached hydrogens (tertiary/aromatic N) is 1. The number of fused-ring (bicyclic) bond motifs is 1. The summed E-state index contributed by atoms with van der Waals surface area (Å²) in [6.45, 7) is 0. The summed E-state index contributed by atoms with van der Waals surface area (Å²) < 4.78 is 12.2. The van der Waals surface area contributed by atoms with Gasteiger partial charge in [-0.15, -0.1) is 0 Å². The summed E-state index contributed by atoms with van der Waals surface area (Å²) in [5.41, 5.74) is 0.854. The maximum atomic E-state index is 12.2. The molecule has 0 saturated heterocycles. The van der Waals surface area contributed by atoms with Crippen molar-refractivity contribution in [3.8, 4) is 0 Å². The number of benzene rings is 1. The first kappa shape index (κ1) is 11.3. The zero-order chi connectivity index (χ0) is 11.8. The molecule has 0 radical (unpaired) electrons. The Morgan fingerprint density at radius 2 is 2.12 bits per heavy atom. The van der Waals surface area contributed by atoms with Crippen LogP contribution in [0.5, 0.6) is 0 Å². The van der Waals surface area contributed by atoms with E-state index < -0.39 is 11.2 Å². The van der Waals surface area contributed by atoms with Gasteiger partial charge in [0, 0.05) is 17.6 Å². The minimum atomic E-state index is -0.892. The Morgan fingerprint density at radius 1 is 1.29 bits per heavy atom. The predicted octanol–water partition coefficient (Wildman–Crippen LogP) is 3.55. The van der Waals surface area contributed by atoms with Crippen molar-refractivity contribution in [1.82, 2.24) is 4.98 Å². The normalized spacial score (nSPS) is 18.0. The van der Waals surface area contributed by atoms with E-state index in [1.807, 2.05) is 18.2 Å². The van der Waals surface area contributed by atoms with Gasteiger partial charge in [-0.2, -0.15) is 0 Å². The van der Waals surface area contributed by atoms with E-state index >= 15 is 0 Å². The third kappa shape index (κ3) is 2.03. The van der Waals surface area contributed by atoms with Gasteiger partial charge in [0.15, 0.2) is 4.90 Å². The lowest BCUT2D eigenvalue weighted by atomic mass is 10.00. The van der Waals surface area contributed by atoms with Crippen LogP contribution in [0.15, 0.2) is 35.4 Å². The number of halogens is 1. The van der Waals surface area contributed by atoms with Crippen molar-refractivity contribution in [2.24, 2.45) is 0 Å².